The van der Waals surface area contributed by atoms with Crippen LogP contribution in [-0.4, -0.2) is 10.9 Å². The van der Waals surface area contributed by atoms with Gasteiger partial charge in [0.1, 0.15) is 5.76 Å². The summed E-state index contributed by atoms with van der Waals surface area (Å²) < 4.78 is 0. The summed E-state index contributed by atoms with van der Waals surface area (Å²) in [6.07, 6.45) is 0.441. The van der Waals surface area contributed by atoms with Crippen molar-refractivity contribution < 1.29 is 9.90 Å². The van der Waals surface area contributed by atoms with Crippen LogP contribution in [0.2, 0.25) is 0 Å². The van der Waals surface area contributed by atoms with Gasteiger partial charge in [0.15, 0.2) is 5.78 Å². The number of benzene rings is 1. The predicted octanol–water partition coefficient (Wildman–Crippen LogP) is 2.95. The van der Waals surface area contributed by atoms with Crippen LogP contribution in [0.25, 0.3) is 5.57 Å². The van der Waals surface area contributed by atoms with E-state index in [1.165, 1.54) is 0 Å². The molecule has 0 amide bonds. The number of aliphatic hydroxyl groups is 1. The zero-order chi connectivity index (χ0) is 11.1. The maximum atomic E-state index is 12.0. The monoisotopic (exact) mass is 202 g/mol. The molecular weight excluding hydrogens is 188 g/mol. The van der Waals surface area contributed by atoms with Crippen molar-refractivity contribution in [1.29, 1.82) is 0 Å². The van der Waals surface area contributed by atoms with Gasteiger partial charge in [-0.15, -0.1) is 0 Å². The molecule has 0 spiro atoms. The van der Waals surface area contributed by atoms with E-state index in [4.69, 9.17) is 0 Å². The minimum Gasteiger partial charge on any atom is -0.512 e. The molecule has 1 aromatic rings. The molecule has 0 unspecified atom stereocenters. The van der Waals surface area contributed by atoms with E-state index in [-0.39, 0.29) is 11.5 Å². The zero-order valence-electron chi connectivity index (χ0n) is 8.95. The van der Waals surface area contributed by atoms with E-state index < -0.39 is 5.41 Å². The summed E-state index contributed by atoms with van der Waals surface area (Å²) in [7, 11) is 0. The molecule has 0 saturated heterocycles. The summed E-state index contributed by atoms with van der Waals surface area (Å²) in [6, 6.07) is 9.34. The van der Waals surface area contributed by atoms with Crippen molar-refractivity contribution >= 4 is 11.4 Å². The molecule has 0 bridgehead atoms. The first-order chi connectivity index (χ1) is 7.02. The molecule has 0 radical (unpaired) electrons. The quantitative estimate of drug-likeness (QED) is 0.760. The number of carbonyl (C=O) groups excluding carboxylic acids is 1. The molecular formula is C13H14O2. The molecule has 78 valence electrons. The second kappa shape index (κ2) is 3.23. The SMILES string of the molecule is CC1(C)CC(O)=C(c2ccccc2)C1=O. The Morgan fingerprint density at radius 2 is 1.80 bits per heavy atom. The lowest BCUT2D eigenvalue weighted by atomic mass is 9.87. The number of carbonyl (C=O) groups is 1. The highest BCUT2D eigenvalue weighted by Gasteiger charge is 2.40. The van der Waals surface area contributed by atoms with E-state index >= 15 is 0 Å². The van der Waals surface area contributed by atoms with E-state index in [2.05, 4.69) is 0 Å². The van der Waals surface area contributed by atoms with Gasteiger partial charge in [0.25, 0.3) is 0 Å². The second-order valence-corrected chi connectivity index (χ2v) is 4.58. The van der Waals surface area contributed by atoms with Crippen LogP contribution < -0.4 is 0 Å². The van der Waals surface area contributed by atoms with Crippen LogP contribution in [0.5, 0.6) is 0 Å². The van der Waals surface area contributed by atoms with Crippen molar-refractivity contribution in [2.24, 2.45) is 5.41 Å². The Kier molecular flexibility index (Phi) is 2.14. The van der Waals surface area contributed by atoms with Crippen molar-refractivity contribution in [3.63, 3.8) is 0 Å². The molecule has 1 aromatic carbocycles. The number of rotatable bonds is 1. The van der Waals surface area contributed by atoms with Gasteiger partial charge in [-0.05, 0) is 5.56 Å². The fraction of sp³-hybridized carbons (Fsp3) is 0.308. The largest absolute Gasteiger partial charge is 0.512 e. The minimum absolute atomic E-state index is 0.0335. The molecule has 1 N–H and O–H groups in total. The van der Waals surface area contributed by atoms with Gasteiger partial charge in [0.05, 0.1) is 5.57 Å². The molecule has 0 atom stereocenters. The van der Waals surface area contributed by atoms with Gasteiger partial charge in [-0.1, -0.05) is 44.2 Å². The van der Waals surface area contributed by atoms with E-state index in [1.54, 1.807) is 0 Å². The van der Waals surface area contributed by atoms with Gasteiger partial charge in [0, 0.05) is 11.8 Å². The molecule has 0 aliphatic heterocycles. The molecule has 0 heterocycles. The predicted molar refractivity (Wildman–Crippen MR) is 59.4 cm³/mol. The van der Waals surface area contributed by atoms with E-state index in [0.717, 1.165) is 5.56 Å². The average Bonchev–Trinajstić information content (AvgIpc) is 2.38. The van der Waals surface area contributed by atoms with Gasteiger partial charge in [-0.25, -0.2) is 0 Å². The number of hydrogen-bond acceptors (Lipinski definition) is 2. The normalized spacial score (nSPS) is 19.7. The Morgan fingerprint density at radius 1 is 1.20 bits per heavy atom. The topological polar surface area (TPSA) is 37.3 Å². The lowest BCUT2D eigenvalue weighted by Gasteiger charge is -2.14. The molecule has 2 heteroatoms. The summed E-state index contributed by atoms with van der Waals surface area (Å²) in [6.45, 7) is 3.73. The van der Waals surface area contributed by atoms with Crippen LogP contribution in [0, 0.1) is 5.41 Å². The van der Waals surface area contributed by atoms with Crippen LogP contribution in [0.4, 0.5) is 0 Å². The minimum atomic E-state index is -0.463. The van der Waals surface area contributed by atoms with Gasteiger partial charge >= 0.3 is 0 Å². The van der Waals surface area contributed by atoms with Crippen LogP contribution in [-0.2, 0) is 4.79 Å². The summed E-state index contributed by atoms with van der Waals surface area (Å²) in [5.74, 6) is 0.252. The number of aliphatic hydroxyl groups excluding tert-OH is 1. The molecule has 2 nitrogen and oxygen atoms in total. The van der Waals surface area contributed by atoms with Crippen LogP contribution in [0.1, 0.15) is 25.8 Å². The maximum Gasteiger partial charge on any atom is 0.172 e. The first-order valence-electron chi connectivity index (χ1n) is 5.05. The zero-order valence-corrected chi connectivity index (χ0v) is 8.95. The Hall–Kier alpha value is -1.57. The molecule has 0 aromatic heterocycles. The van der Waals surface area contributed by atoms with Gasteiger partial charge in [-0.3, -0.25) is 4.79 Å². The van der Waals surface area contributed by atoms with Crippen molar-refractivity contribution in [3.8, 4) is 0 Å². The smallest absolute Gasteiger partial charge is 0.172 e. The number of hydrogen-bond donors (Lipinski definition) is 1. The lowest BCUT2D eigenvalue weighted by Crippen LogP contribution is -2.19. The van der Waals surface area contributed by atoms with Gasteiger partial charge in [-0.2, -0.15) is 0 Å². The molecule has 0 saturated carbocycles. The summed E-state index contributed by atoms with van der Waals surface area (Å²) in [5, 5.41) is 9.81. The highest BCUT2D eigenvalue weighted by Crippen LogP contribution is 2.41. The molecule has 0 fully saturated rings. The highest BCUT2D eigenvalue weighted by atomic mass is 16.3. The Bertz CT molecular complexity index is 427. The van der Waals surface area contributed by atoms with Crippen molar-refractivity contribution in [1.82, 2.24) is 0 Å². The molecule has 15 heavy (non-hydrogen) atoms. The third kappa shape index (κ3) is 1.56. The molecule has 2 rings (SSSR count). The number of ketones is 1. The number of allylic oxidation sites excluding steroid dienone is 2. The van der Waals surface area contributed by atoms with E-state index in [0.29, 0.717) is 12.0 Å². The fourth-order valence-electron chi connectivity index (χ4n) is 1.96. The average molecular weight is 202 g/mol. The first kappa shape index (κ1) is 9.97. The summed E-state index contributed by atoms with van der Waals surface area (Å²) in [4.78, 5) is 12.0. The lowest BCUT2D eigenvalue weighted by molar-refractivity contribution is -0.120. The van der Waals surface area contributed by atoms with Crippen LogP contribution in [0.3, 0.4) is 0 Å². The van der Waals surface area contributed by atoms with Crippen LogP contribution in [0.15, 0.2) is 36.1 Å². The highest BCUT2D eigenvalue weighted by molar-refractivity contribution is 6.25. The Balaban J connectivity index is 2.48. The first-order valence-corrected chi connectivity index (χ1v) is 5.05. The maximum absolute atomic E-state index is 12.0. The van der Waals surface area contributed by atoms with Crippen LogP contribution >= 0.6 is 0 Å². The Labute approximate surface area is 89.2 Å². The van der Waals surface area contributed by atoms with E-state index in [9.17, 15) is 9.90 Å². The van der Waals surface area contributed by atoms with Crippen molar-refractivity contribution in [3.05, 3.63) is 41.7 Å². The third-order valence-electron chi connectivity index (χ3n) is 2.80. The second-order valence-electron chi connectivity index (χ2n) is 4.58. The van der Waals surface area contributed by atoms with Crippen molar-refractivity contribution in [2.45, 2.75) is 20.3 Å². The summed E-state index contributed by atoms with van der Waals surface area (Å²) >= 11 is 0. The molecule has 1 aliphatic rings. The van der Waals surface area contributed by atoms with Gasteiger partial charge < -0.3 is 5.11 Å². The standard InChI is InChI=1S/C13H14O2/c1-13(2)8-10(14)11(12(13)15)9-6-4-3-5-7-9/h3-7,14H,8H2,1-2H3. The summed E-state index contributed by atoms with van der Waals surface area (Å²) in [5.41, 5.74) is 0.834. The molecule has 1 aliphatic carbocycles. The van der Waals surface area contributed by atoms with Gasteiger partial charge in [0.2, 0.25) is 0 Å². The Morgan fingerprint density at radius 3 is 2.27 bits per heavy atom. The van der Waals surface area contributed by atoms with E-state index in [1.807, 2.05) is 44.2 Å². The van der Waals surface area contributed by atoms with Crippen molar-refractivity contribution in [2.75, 3.05) is 0 Å². The third-order valence-corrected chi connectivity index (χ3v) is 2.80. The fourth-order valence-corrected chi connectivity index (χ4v) is 1.96. The number of Topliss-reactive ketones (excluding diaryl/α,β-unsaturated/α-hetero) is 1.